The number of hydrogen-bond acceptors (Lipinski definition) is 6. The van der Waals surface area contributed by atoms with Gasteiger partial charge in [-0.25, -0.2) is 14.4 Å². The lowest BCUT2D eigenvalue weighted by molar-refractivity contribution is -0.128. The first kappa shape index (κ1) is 22.6. The topological polar surface area (TPSA) is 90.5 Å². The van der Waals surface area contributed by atoms with Crippen molar-refractivity contribution in [2.45, 2.75) is 38.8 Å². The monoisotopic (exact) mass is 428 g/mol. The summed E-state index contributed by atoms with van der Waals surface area (Å²) >= 11 is 0. The molecule has 2 N–H and O–H groups in total. The highest BCUT2D eigenvalue weighted by molar-refractivity contribution is 5.92. The number of likely N-dealkylation sites (tertiary alicyclic amines) is 1. The molecule has 0 saturated carbocycles. The fourth-order valence-corrected chi connectivity index (χ4v) is 3.64. The highest BCUT2D eigenvalue weighted by atomic mass is 19.1. The molecule has 1 fully saturated rings. The molecule has 0 aliphatic carbocycles. The second-order valence-corrected chi connectivity index (χ2v) is 7.74. The molecule has 1 atom stereocenters. The third kappa shape index (κ3) is 5.97. The van der Waals surface area contributed by atoms with E-state index in [-0.39, 0.29) is 30.1 Å². The van der Waals surface area contributed by atoms with E-state index in [4.69, 9.17) is 4.98 Å². The zero-order chi connectivity index (χ0) is 22.4. The molecule has 2 amide bonds. The molecule has 166 valence electrons. The Labute approximate surface area is 181 Å². The van der Waals surface area contributed by atoms with Gasteiger partial charge in [0, 0.05) is 27.1 Å². The van der Waals surface area contributed by atoms with E-state index in [1.165, 1.54) is 19.1 Å². The largest absolute Gasteiger partial charge is 0.373 e. The van der Waals surface area contributed by atoms with Crippen molar-refractivity contribution < 1.29 is 14.0 Å². The minimum atomic E-state index is -0.463. The van der Waals surface area contributed by atoms with Gasteiger partial charge in [-0.1, -0.05) is 18.6 Å². The molecule has 9 heteroatoms. The van der Waals surface area contributed by atoms with Crippen LogP contribution in [0.2, 0.25) is 0 Å². The Balaban J connectivity index is 1.78. The standard InChI is InChI=1S/C22H29FN6O2/c1-15(30)28(3)13-16-12-20(24-2)27-22(25-16)19-10-6-7-11-29(19)14-21(31)26-18-9-5-4-8-17(18)23/h4-5,8-9,12,19H,6-7,10-11,13-14H2,1-3H3,(H,26,31)(H,24,25,27)/t19-/m0/s1. The van der Waals surface area contributed by atoms with E-state index in [1.54, 1.807) is 31.1 Å². The molecular formula is C22H29FN6O2. The van der Waals surface area contributed by atoms with Gasteiger partial charge in [-0.3, -0.25) is 14.5 Å². The molecular weight excluding hydrogens is 399 g/mol. The van der Waals surface area contributed by atoms with Gasteiger partial charge in [0.2, 0.25) is 11.8 Å². The maximum atomic E-state index is 13.9. The molecule has 0 unspecified atom stereocenters. The van der Waals surface area contributed by atoms with E-state index >= 15 is 0 Å². The first-order valence-electron chi connectivity index (χ1n) is 10.4. The summed E-state index contributed by atoms with van der Waals surface area (Å²) in [6.07, 6.45) is 2.79. The number of rotatable bonds is 7. The summed E-state index contributed by atoms with van der Waals surface area (Å²) in [6.45, 7) is 2.73. The molecule has 1 aromatic carbocycles. The minimum absolute atomic E-state index is 0.0460. The van der Waals surface area contributed by atoms with E-state index in [0.717, 1.165) is 31.5 Å². The summed E-state index contributed by atoms with van der Waals surface area (Å²) in [7, 11) is 3.51. The van der Waals surface area contributed by atoms with E-state index in [9.17, 15) is 14.0 Å². The quantitative estimate of drug-likeness (QED) is 0.705. The van der Waals surface area contributed by atoms with Crippen LogP contribution in [0.5, 0.6) is 0 Å². The normalized spacial score (nSPS) is 16.6. The Morgan fingerprint density at radius 3 is 2.74 bits per heavy atom. The van der Waals surface area contributed by atoms with Gasteiger partial charge in [0.1, 0.15) is 17.5 Å². The average Bonchev–Trinajstić information content (AvgIpc) is 2.75. The van der Waals surface area contributed by atoms with Gasteiger partial charge in [0.25, 0.3) is 0 Å². The molecule has 1 aliphatic heterocycles. The van der Waals surface area contributed by atoms with E-state index < -0.39 is 5.82 Å². The van der Waals surface area contributed by atoms with Crippen LogP contribution >= 0.6 is 0 Å². The predicted molar refractivity (Wildman–Crippen MR) is 117 cm³/mol. The average molecular weight is 429 g/mol. The molecule has 31 heavy (non-hydrogen) atoms. The number of benzene rings is 1. The fourth-order valence-electron chi connectivity index (χ4n) is 3.64. The van der Waals surface area contributed by atoms with Crippen LogP contribution in [0, 0.1) is 5.82 Å². The third-order valence-electron chi connectivity index (χ3n) is 5.40. The number of carbonyl (C=O) groups excluding carboxylic acids is 2. The van der Waals surface area contributed by atoms with E-state index in [2.05, 4.69) is 15.6 Å². The molecule has 2 aromatic rings. The number of carbonyl (C=O) groups is 2. The Bertz CT molecular complexity index is 938. The summed E-state index contributed by atoms with van der Waals surface area (Å²) in [6, 6.07) is 7.81. The summed E-state index contributed by atoms with van der Waals surface area (Å²) in [5, 5.41) is 5.70. The SMILES string of the molecule is CNc1cc(CN(C)C(C)=O)nc([C@@H]2CCCCN2CC(=O)Nc2ccccc2F)n1. The van der Waals surface area contributed by atoms with Crippen LogP contribution in [0.25, 0.3) is 0 Å². The van der Waals surface area contributed by atoms with Crippen molar-refractivity contribution in [1.82, 2.24) is 19.8 Å². The first-order valence-corrected chi connectivity index (χ1v) is 10.4. The smallest absolute Gasteiger partial charge is 0.238 e. The number of hydrogen-bond donors (Lipinski definition) is 2. The number of nitrogens with one attached hydrogen (secondary N) is 2. The maximum absolute atomic E-state index is 13.9. The van der Waals surface area contributed by atoms with Gasteiger partial charge >= 0.3 is 0 Å². The third-order valence-corrected chi connectivity index (χ3v) is 5.40. The Morgan fingerprint density at radius 1 is 1.26 bits per heavy atom. The maximum Gasteiger partial charge on any atom is 0.238 e. The molecule has 0 radical (unpaired) electrons. The van der Waals surface area contributed by atoms with Gasteiger partial charge in [-0.15, -0.1) is 0 Å². The van der Waals surface area contributed by atoms with Crippen LogP contribution in [0.4, 0.5) is 15.9 Å². The fraction of sp³-hybridized carbons (Fsp3) is 0.455. The molecule has 1 saturated heterocycles. The highest BCUT2D eigenvalue weighted by Gasteiger charge is 2.28. The van der Waals surface area contributed by atoms with Crippen molar-refractivity contribution in [2.24, 2.45) is 0 Å². The predicted octanol–water partition coefficient (Wildman–Crippen LogP) is 2.80. The van der Waals surface area contributed by atoms with Gasteiger partial charge < -0.3 is 15.5 Å². The minimum Gasteiger partial charge on any atom is -0.373 e. The molecule has 2 heterocycles. The molecule has 3 rings (SSSR count). The number of aromatic nitrogens is 2. The van der Waals surface area contributed by atoms with Crippen molar-refractivity contribution in [3.8, 4) is 0 Å². The van der Waals surface area contributed by atoms with Gasteiger partial charge in [0.05, 0.1) is 30.5 Å². The molecule has 0 bridgehead atoms. The van der Waals surface area contributed by atoms with Crippen LogP contribution in [0.1, 0.15) is 43.7 Å². The summed E-state index contributed by atoms with van der Waals surface area (Å²) in [4.78, 5) is 37.2. The van der Waals surface area contributed by atoms with Crippen LogP contribution in [-0.4, -0.2) is 58.8 Å². The summed E-state index contributed by atoms with van der Waals surface area (Å²) < 4.78 is 13.9. The lowest BCUT2D eigenvalue weighted by Crippen LogP contribution is -2.40. The molecule has 1 aromatic heterocycles. The number of nitrogens with zero attached hydrogens (tertiary/aromatic N) is 4. The lowest BCUT2D eigenvalue weighted by atomic mass is 10.0. The number of piperidine rings is 1. The van der Waals surface area contributed by atoms with Gasteiger partial charge in [-0.05, 0) is 31.5 Å². The lowest BCUT2D eigenvalue weighted by Gasteiger charge is -2.34. The van der Waals surface area contributed by atoms with Crippen LogP contribution in [0.3, 0.4) is 0 Å². The van der Waals surface area contributed by atoms with Crippen molar-refractivity contribution in [3.05, 3.63) is 47.7 Å². The van der Waals surface area contributed by atoms with Crippen molar-refractivity contribution in [3.63, 3.8) is 0 Å². The van der Waals surface area contributed by atoms with Crippen LogP contribution in [-0.2, 0) is 16.1 Å². The molecule has 1 aliphatic rings. The first-order chi connectivity index (χ1) is 14.9. The Morgan fingerprint density at radius 2 is 2.03 bits per heavy atom. The Hall–Kier alpha value is -3.07. The van der Waals surface area contributed by atoms with E-state index in [0.29, 0.717) is 18.2 Å². The summed E-state index contributed by atoms with van der Waals surface area (Å²) in [5.41, 5.74) is 0.900. The van der Waals surface area contributed by atoms with Gasteiger partial charge in [-0.2, -0.15) is 0 Å². The van der Waals surface area contributed by atoms with Crippen molar-refractivity contribution >= 4 is 23.3 Å². The summed E-state index contributed by atoms with van der Waals surface area (Å²) in [5.74, 6) is 0.499. The van der Waals surface area contributed by atoms with E-state index in [1.807, 2.05) is 11.0 Å². The molecule has 8 nitrogen and oxygen atoms in total. The second-order valence-electron chi connectivity index (χ2n) is 7.74. The Kier molecular flexibility index (Phi) is 7.51. The van der Waals surface area contributed by atoms with Crippen LogP contribution in [0.15, 0.2) is 30.3 Å². The van der Waals surface area contributed by atoms with Crippen molar-refractivity contribution in [1.29, 1.82) is 0 Å². The second kappa shape index (κ2) is 10.3. The zero-order valence-corrected chi connectivity index (χ0v) is 18.2. The number of para-hydroxylation sites is 1. The van der Waals surface area contributed by atoms with Gasteiger partial charge in [0.15, 0.2) is 0 Å². The molecule has 0 spiro atoms. The number of halogens is 1. The number of anilines is 2. The van der Waals surface area contributed by atoms with Crippen molar-refractivity contribution in [2.75, 3.05) is 37.8 Å². The number of amides is 2. The van der Waals surface area contributed by atoms with Crippen LogP contribution < -0.4 is 10.6 Å². The highest BCUT2D eigenvalue weighted by Crippen LogP contribution is 2.29. The zero-order valence-electron chi connectivity index (χ0n) is 18.2.